The summed E-state index contributed by atoms with van der Waals surface area (Å²) in [4.78, 5) is 18.6. The molecule has 5 nitrogen and oxygen atoms in total. The number of rotatable bonds is 3. The van der Waals surface area contributed by atoms with Crippen LogP contribution in [0.2, 0.25) is 5.02 Å². The summed E-state index contributed by atoms with van der Waals surface area (Å²) >= 11 is 6.42. The van der Waals surface area contributed by atoms with Crippen molar-refractivity contribution in [2.75, 3.05) is 14.2 Å². The molecule has 0 radical (unpaired) electrons. The minimum absolute atomic E-state index is 0.256. The van der Waals surface area contributed by atoms with Crippen molar-refractivity contribution in [2.24, 2.45) is 0 Å². The molecule has 0 aliphatic heterocycles. The third-order valence-electron chi connectivity index (χ3n) is 6.14. The lowest BCUT2D eigenvalue weighted by Crippen LogP contribution is -2.14. The summed E-state index contributed by atoms with van der Waals surface area (Å²) in [5, 5.41) is 2.80. The second kappa shape index (κ2) is 7.05. The Morgan fingerprint density at radius 3 is 2.52 bits per heavy atom. The molecule has 0 spiro atoms. The van der Waals surface area contributed by atoms with E-state index in [1.54, 1.807) is 34.9 Å². The molecule has 162 valence electrons. The Morgan fingerprint density at radius 2 is 1.76 bits per heavy atom. The van der Waals surface area contributed by atoms with Crippen molar-refractivity contribution in [3.63, 3.8) is 0 Å². The van der Waals surface area contributed by atoms with Gasteiger partial charge in [0.1, 0.15) is 5.82 Å². The minimum atomic E-state index is -0.453. The molecular formula is C26H16ClFN2O3. The van der Waals surface area contributed by atoms with E-state index in [-0.39, 0.29) is 16.1 Å². The van der Waals surface area contributed by atoms with Crippen molar-refractivity contribution in [3.8, 4) is 22.6 Å². The molecule has 0 atom stereocenters. The highest BCUT2D eigenvalue weighted by Crippen LogP contribution is 2.43. The Labute approximate surface area is 191 Å². The quantitative estimate of drug-likeness (QED) is 0.302. The van der Waals surface area contributed by atoms with Crippen molar-refractivity contribution < 1.29 is 13.9 Å². The molecule has 3 heterocycles. The van der Waals surface area contributed by atoms with Gasteiger partial charge in [0, 0.05) is 33.5 Å². The first-order valence-corrected chi connectivity index (χ1v) is 10.6. The van der Waals surface area contributed by atoms with Gasteiger partial charge in [0.25, 0.3) is 5.56 Å². The number of nitrogens with zero attached hydrogens (tertiary/aromatic N) is 2. The number of ether oxygens (including phenoxy) is 2. The lowest BCUT2D eigenvalue weighted by atomic mass is 9.99. The van der Waals surface area contributed by atoms with Crippen molar-refractivity contribution in [1.82, 2.24) is 9.38 Å². The van der Waals surface area contributed by atoms with E-state index >= 15 is 0 Å². The number of methoxy groups -OCH3 is 2. The first-order valence-electron chi connectivity index (χ1n) is 10.2. The van der Waals surface area contributed by atoms with E-state index in [2.05, 4.69) is 0 Å². The number of aromatic nitrogens is 2. The third-order valence-corrected chi connectivity index (χ3v) is 6.46. The van der Waals surface area contributed by atoms with Crippen molar-refractivity contribution in [3.05, 3.63) is 82.0 Å². The fourth-order valence-corrected chi connectivity index (χ4v) is 5.06. The maximum Gasteiger partial charge on any atom is 0.267 e. The van der Waals surface area contributed by atoms with Gasteiger partial charge < -0.3 is 9.47 Å². The van der Waals surface area contributed by atoms with Crippen LogP contribution in [0.25, 0.3) is 49.2 Å². The average molecular weight is 459 g/mol. The molecule has 3 aromatic heterocycles. The summed E-state index contributed by atoms with van der Waals surface area (Å²) in [5.74, 6) is 0.348. The van der Waals surface area contributed by atoms with E-state index in [9.17, 15) is 9.18 Å². The maximum absolute atomic E-state index is 14.9. The van der Waals surface area contributed by atoms with E-state index in [0.29, 0.717) is 44.4 Å². The molecular weight excluding hydrogens is 443 g/mol. The van der Waals surface area contributed by atoms with E-state index in [1.165, 1.54) is 20.3 Å². The van der Waals surface area contributed by atoms with Gasteiger partial charge in [-0.1, -0.05) is 35.9 Å². The van der Waals surface area contributed by atoms with Crippen LogP contribution in [0.15, 0.2) is 65.6 Å². The zero-order valence-electron chi connectivity index (χ0n) is 17.6. The van der Waals surface area contributed by atoms with E-state index in [4.69, 9.17) is 26.1 Å². The zero-order valence-corrected chi connectivity index (χ0v) is 18.4. The van der Waals surface area contributed by atoms with Crippen LogP contribution in [0.1, 0.15) is 0 Å². The van der Waals surface area contributed by atoms with Crippen molar-refractivity contribution in [1.29, 1.82) is 0 Å². The molecule has 6 aromatic rings. The van der Waals surface area contributed by atoms with Crippen LogP contribution in [0.3, 0.4) is 0 Å². The average Bonchev–Trinajstić information content (AvgIpc) is 3.18. The van der Waals surface area contributed by atoms with Crippen LogP contribution < -0.4 is 15.0 Å². The highest BCUT2D eigenvalue weighted by atomic mass is 35.5. The van der Waals surface area contributed by atoms with Crippen molar-refractivity contribution in [2.45, 2.75) is 0 Å². The van der Waals surface area contributed by atoms with Gasteiger partial charge in [-0.3, -0.25) is 14.2 Å². The Kier molecular flexibility index (Phi) is 4.22. The Balaban J connectivity index is 1.94. The number of pyridine rings is 2. The highest BCUT2D eigenvalue weighted by molar-refractivity contribution is 6.34. The molecule has 0 amide bonds. The van der Waals surface area contributed by atoms with E-state index in [1.807, 2.05) is 24.3 Å². The molecule has 3 aromatic carbocycles. The molecule has 0 bridgehead atoms. The summed E-state index contributed by atoms with van der Waals surface area (Å²) in [5.41, 5.74) is 2.43. The smallest absolute Gasteiger partial charge is 0.267 e. The van der Waals surface area contributed by atoms with E-state index in [0.717, 1.165) is 10.8 Å². The monoisotopic (exact) mass is 458 g/mol. The lowest BCUT2D eigenvalue weighted by Gasteiger charge is -2.13. The van der Waals surface area contributed by atoms with Crippen LogP contribution in [-0.4, -0.2) is 23.6 Å². The first-order chi connectivity index (χ1) is 16.1. The summed E-state index contributed by atoms with van der Waals surface area (Å²) in [6, 6.07) is 15.6. The number of hydrogen-bond acceptors (Lipinski definition) is 4. The number of halogens is 2. The Hall–Kier alpha value is -3.90. The van der Waals surface area contributed by atoms with Crippen LogP contribution in [0.4, 0.5) is 4.39 Å². The highest BCUT2D eigenvalue weighted by Gasteiger charge is 2.25. The number of para-hydroxylation sites is 1. The number of fused-ring (bicyclic) bond motifs is 5. The molecule has 6 rings (SSSR count). The third kappa shape index (κ3) is 2.52. The maximum atomic E-state index is 14.9. The zero-order chi connectivity index (χ0) is 22.9. The molecule has 0 saturated heterocycles. The molecule has 0 fully saturated rings. The van der Waals surface area contributed by atoms with Gasteiger partial charge in [0.15, 0.2) is 11.5 Å². The molecule has 0 unspecified atom stereocenters. The molecule has 7 heteroatoms. The van der Waals surface area contributed by atoms with Crippen molar-refractivity contribution >= 4 is 49.7 Å². The van der Waals surface area contributed by atoms with Gasteiger partial charge in [0.2, 0.25) is 0 Å². The number of benzene rings is 3. The standard InChI is InChI=1S/C26H16ClFN2O3/c1-32-19-11-10-14-22(25(19)33-2)26(31)30-18-9-4-3-6-13(18)20-15(12-29-23(14)24(20)30)21-16(27)7-5-8-17(21)28/h3-12H,1-2H3. The fourth-order valence-electron chi connectivity index (χ4n) is 4.79. The SMILES string of the molecule is COc1ccc2c(c1OC)c(=O)n1c3ccccc3c3c(-c4c(F)cccc4Cl)cnc2c31. The summed E-state index contributed by atoms with van der Waals surface area (Å²) in [7, 11) is 3.03. The Bertz CT molecular complexity index is 1780. The van der Waals surface area contributed by atoms with Gasteiger partial charge in [-0.05, 0) is 30.3 Å². The van der Waals surface area contributed by atoms with Gasteiger partial charge in [0.05, 0.1) is 41.2 Å². The second-order valence-electron chi connectivity index (χ2n) is 7.72. The predicted molar refractivity (Wildman–Crippen MR) is 129 cm³/mol. The first kappa shape index (κ1) is 19.8. The topological polar surface area (TPSA) is 52.8 Å². The molecule has 0 N–H and O–H groups in total. The minimum Gasteiger partial charge on any atom is -0.493 e. The van der Waals surface area contributed by atoms with Gasteiger partial charge in [-0.15, -0.1) is 0 Å². The Morgan fingerprint density at radius 1 is 0.939 bits per heavy atom. The molecule has 0 saturated carbocycles. The lowest BCUT2D eigenvalue weighted by molar-refractivity contribution is 0.358. The van der Waals surface area contributed by atoms with Crippen LogP contribution in [-0.2, 0) is 0 Å². The van der Waals surface area contributed by atoms with Gasteiger partial charge in [-0.2, -0.15) is 0 Å². The second-order valence-corrected chi connectivity index (χ2v) is 8.13. The summed E-state index contributed by atoms with van der Waals surface area (Å²) in [6.45, 7) is 0. The largest absolute Gasteiger partial charge is 0.493 e. The van der Waals surface area contributed by atoms with E-state index < -0.39 is 5.82 Å². The summed E-state index contributed by atoms with van der Waals surface area (Å²) in [6.07, 6.45) is 1.62. The fraction of sp³-hybridized carbons (Fsp3) is 0.0769. The van der Waals surface area contributed by atoms with Gasteiger partial charge in [-0.25, -0.2) is 4.39 Å². The molecule has 33 heavy (non-hydrogen) atoms. The number of hydrogen-bond donors (Lipinski definition) is 0. The summed E-state index contributed by atoms with van der Waals surface area (Å²) < 4.78 is 27.6. The normalized spacial score (nSPS) is 11.8. The van der Waals surface area contributed by atoms with Crippen LogP contribution in [0.5, 0.6) is 11.5 Å². The van der Waals surface area contributed by atoms with Crippen LogP contribution in [0, 0.1) is 5.82 Å². The van der Waals surface area contributed by atoms with Gasteiger partial charge >= 0.3 is 0 Å². The molecule has 0 aliphatic carbocycles. The van der Waals surface area contributed by atoms with Crippen LogP contribution >= 0.6 is 11.6 Å². The molecule has 0 aliphatic rings. The predicted octanol–water partition coefficient (Wildman–Crippen LogP) is 6.07.